The first-order valence-electron chi connectivity index (χ1n) is 8.89. The molecule has 0 bridgehead atoms. The van der Waals surface area contributed by atoms with Gasteiger partial charge in [0.05, 0.1) is 13.7 Å². The van der Waals surface area contributed by atoms with Crippen LogP contribution >= 0.6 is 0 Å². The molecule has 2 aromatic carbocycles. The molecule has 2 N–H and O–H groups in total. The van der Waals surface area contributed by atoms with E-state index in [1.165, 1.54) is 12.0 Å². The standard InChI is InChI=1S/C21H15F2N3O4/c1-30-16-2-3-17-13(8-16)10-26(18(17)27)11-21(19(28)24-20(29)25-21)5-4-12-6-14(22)9-15(23)7-12/h2-3,6-9H,10-11H2,1H3,(H2,24,25,28,29)/t21-/m1/s1. The minimum absolute atomic E-state index is 0.0124. The number of hydrogen-bond acceptors (Lipinski definition) is 4. The van der Waals surface area contributed by atoms with Gasteiger partial charge in [-0.25, -0.2) is 13.6 Å². The highest BCUT2D eigenvalue weighted by atomic mass is 19.1. The van der Waals surface area contributed by atoms with Crippen LogP contribution in [0.4, 0.5) is 13.6 Å². The summed E-state index contributed by atoms with van der Waals surface area (Å²) in [6, 6.07) is 6.91. The van der Waals surface area contributed by atoms with Crippen LogP contribution in [-0.2, 0) is 11.3 Å². The number of hydrogen-bond donors (Lipinski definition) is 2. The first kappa shape index (κ1) is 19.4. The Morgan fingerprint density at radius 1 is 1.13 bits per heavy atom. The summed E-state index contributed by atoms with van der Waals surface area (Å²) >= 11 is 0. The van der Waals surface area contributed by atoms with Crippen molar-refractivity contribution in [2.75, 3.05) is 13.7 Å². The first-order valence-corrected chi connectivity index (χ1v) is 8.89. The summed E-state index contributed by atoms with van der Waals surface area (Å²) in [6.45, 7) is -0.0578. The Morgan fingerprint density at radius 3 is 2.50 bits per heavy atom. The van der Waals surface area contributed by atoms with Gasteiger partial charge in [0, 0.05) is 23.7 Å². The molecular formula is C21H15F2N3O4. The number of halogens is 2. The molecule has 0 saturated carbocycles. The second-order valence-electron chi connectivity index (χ2n) is 6.91. The monoisotopic (exact) mass is 411 g/mol. The van der Waals surface area contributed by atoms with Crippen molar-refractivity contribution >= 4 is 17.8 Å². The van der Waals surface area contributed by atoms with E-state index >= 15 is 0 Å². The Kier molecular flexibility index (Phi) is 4.62. The maximum absolute atomic E-state index is 13.4. The molecule has 2 aromatic rings. The molecule has 7 nitrogen and oxygen atoms in total. The highest BCUT2D eigenvalue weighted by Gasteiger charge is 2.48. The van der Waals surface area contributed by atoms with Gasteiger partial charge in [-0.15, -0.1) is 0 Å². The highest BCUT2D eigenvalue weighted by Crippen LogP contribution is 2.28. The number of rotatable bonds is 3. The molecule has 9 heteroatoms. The molecule has 152 valence electrons. The normalized spacial score (nSPS) is 19.7. The lowest BCUT2D eigenvalue weighted by atomic mass is 9.99. The molecule has 0 unspecified atom stereocenters. The molecule has 4 amide bonds. The zero-order valence-corrected chi connectivity index (χ0v) is 15.7. The average Bonchev–Trinajstić information content (AvgIpc) is 3.14. The predicted octanol–water partition coefficient (Wildman–Crippen LogP) is 1.56. The van der Waals surface area contributed by atoms with E-state index < -0.39 is 29.1 Å². The van der Waals surface area contributed by atoms with Gasteiger partial charge in [-0.05, 0) is 35.9 Å². The highest BCUT2D eigenvalue weighted by molar-refractivity contribution is 6.10. The minimum Gasteiger partial charge on any atom is -0.497 e. The van der Waals surface area contributed by atoms with Crippen molar-refractivity contribution < 1.29 is 27.9 Å². The van der Waals surface area contributed by atoms with Gasteiger partial charge in [0.2, 0.25) is 5.54 Å². The lowest BCUT2D eigenvalue weighted by molar-refractivity contribution is -0.122. The number of amides is 4. The third-order valence-corrected chi connectivity index (χ3v) is 4.84. The molecule has 0 spiro atoms. The van der Waals surface area contributed by atoms with E-state index in [2.05, 4.69) is 22.5 Å². The molecule has 2 heterocycles. The van der Waals surface area contributed by atoms with Crippen molar-refractivity contribution in [3.8, 4) is 17.6 Å². The number of fused-ring (bicyclic) bond motifs is 1. The Hall–Kier alpha value is -3.93. The second kappa shape index (κ2) is 7.15. The summed E-state index contributed by atoms with van der Waals surface area (Å²) in [4.78, 5) is 38.5. The van der Waals surface area contributed by atoms with E-state index in [0.717, 1.165) is 12.1 Å². The van der Waals surface area contributed by atoms with E-state index in [-0.39, 0.29) is 24.6 Å². The molecule has 0 aromatic heterocycles. The lowest BCUT2D eigenvalue weighted by Crippen LogP contribution is -2.54. The average molecular weight is 411 g/mol. The van der Waals surface area contributed by atoms with Crippen LogP contribution in [-0.4, -0.2) is 41.9 Å². The Morgan fingerprint density at radius 2 is 1.87 bits per heavy atom. The number of benzene rings is 2. The number of imide groups is 1. The van der Waals surface area contributed by atoms with Crippen molar-refractivity contribution in [3.63, 3.8) is 0 Å². The Bertz CT molecular complexity index is 1130. The van der Waals surface area contributed by atoms with Gasteiger partial charge in [0.1, 0.15) is 17.4 Å². The SMILES string of the molecule is COc1ccc2c(c1)CN(C[C@@]1(C#Cc3cc(F)cc(F)c3)NC(=O)NC1=O)C2=O. The fraction of sp³-hybridized carbons (Fsp3) is 0.190. The number of urea groups is 1. The largest absolute Gasteiger partial charge is 0.497 e. The van der Waals surface area contributed by atoms with Gasteiger partial charge >= 0.3 is 6.03 Å². The summed E-state index contributed by atoms with van der Waals surface area (Å²) in [5.74, 6) is 2.96. The van der Waals surface area contributed by atoms with Crippen LogP contribution in [0.3, 0.4) is 0 Å². The molecule has 0 radical (unpaired) electrons. The van der Waals surface area contributed by atoms with Gasteiger partial charge in [0.25, 0.3) is 11.8 Å². The molecule has 1 fully saturated rings. The lowest BCUT2D eigenvalue weighted by Gasteiger charge is -2.26. The molecule has 1 saturated heterocycles. The molecule has 2 aliphatic heterocycles. The maximum Gasteiger partial charge on any atom is 0.323 e. The zero-order chi connectivity index (χ0) is 21.5. The van der Waals surface area contributed by atoms with Crippen molar-refractivity contribution in [2.24, 2.45) is 0 Å². The number of ether oxygens (including phenoxy) is 1. The first-order chi connectivity index (χ1) is 14.3. The fourth-order valence-corrected chi connectivity index (χ4v) is 3.43. The van der Waals surface area contributed by atoms with Gasteiger partial charge < -0.3 is 15.0 Å². The predicted molar refractivity (Wildman–Crippen MR) is 100 cm³/mol. The van der Waals surface area contributed by atoms with Gasteiger partial charge in [-0.2, -0.15) is 0 Å². The number of nitrogens with zero attached hydrogens (tertiary/aromatic N) is 1. The van der Waals surface area contributed by atoms with Crippen molar-refractivity contribution in [1.29, 1.82) is 0 Å². The Labute approximate surface area is 170 Å². The summed E-state index contributed by atoms with van der Waals surface area (Å²) in [5.41, 5.74) is -0.612. The summed E-state index contributed by atoms with van der Waals surface area (Å²) in [5, 5.41) is 4.53. The molecule has 2 aliphatic rings. The molecule has 30 heavy (non-hydrogen) atoms. The number of methoxy groups -OCH3 is 1. The summed E-state index contributed by atoms with van der Waals surface area (Å²) < 4.78 is 32.0. The van der Waals surface area contributed by atoms with E-state index in [9.17, 15) is 23.2 Å². The smallest absolute Gasteiger partial charge is 0.323 e. The Balaban J connectivity index is 1.66. The molecule has 0 aliphatic carbocycles. The maximum atomic E-state index is 13.4. The second-order valence-corrected chi connectivity index (χ2v) is 6.91. The number of nitrogens with one attached hydrogen (secondary N) is 2. The van der Waals surface area contributed by atoms with Crippen LogP contribution in [0.25, 0.3) is 0 Å². The van der Waals surface area contributed by atoms with Crippen LogP contribution in [0.15, 0.2) is 36.4 Å². The molecular weight excluding hydrogens is 396 g/mol. The third-order valence-electron chi connectivity index (χ3n) is 4.84. The number of carbonyl (C=O) groups is 3. The minimum atomic E-state index is -1.76. The van der Waals surface area contributed by atoms with Gasteiger partial charge in [-0.3, -0.25) is 14.9 Å². The van der Waals surface area contributed by atoms with Gasteiger partial charge in [-0.1, -0.05) is 11.8 Å². The van der Waals surface area contributed by atoms with E-state index in [4.69, 9.17) is 4.74 Å². The van der Waals surface area contributed by atoms with Crippen molar-refractivity contribution in [1.82, 2.24) is 15.5 Å². The van der Waals surface area contributed by atoms with Crippen LogP contribution in [0.1, 0.15) is 21.5 Å². The van der Waals surface area contributed by atoms with Crippen LogP contribution < -0.4 is 15.4 Å². The van der Waals surface area contributed by atoms with Crippen LogP contribution in [0.5, 0.6) is 5.75 Å². The molecule has 1 atom stereocenters. The van der Waals surface area contributed by atoms with Crippen molar-refractivity contribution in [2.45, 2.75) is 12.1 Å². The van der Waals surface area contributed by atoms with E-state index in [1.54, 1.807) is 18.2 Å². The summed E-state index contributed by atoms with van der Waals surface area (Å²) in [6.07, 6.45) is 0. The topological polar surface area (TPSA) is 87.7 Å². The molecule has 4 rings (SSSR count). The van der Waals surface area contributed by atoms with Crippen molar-refractivity contribution in [3.05, 3.63) is 64.7 Å². The van der Waals surface area contributed by atoms with E-state index in [1.807, 2.05) is 0 Å². The van der Waals surface area contributed by atoms with Gasteiger partial charge in [0.15, 0.2) is 0 Å². The van der Waals surface area contributed by atoms with Crippen LogP contribution in [0, 0.1) is 23.5 Å². The fourth-order valence-electron chi connectivity index (χ4n) is 3.43. The summed E-state index contributed by atoms with van der Waals surface area (Å²) in [7, 11) is 1.51. The zero-order valence-electron chi connectivity index (χ0n) is 15.7. The van der Waals surface area contributed by atoms with Crippen LogP contribution in [0.2, 0.25) is 0 Å². The third kappa shape index (κ3) is 3.43. The quantitative estimate of drug-likeness (QED) is 0.593. The van der Waals surface area contributed by atoms with E-state index in [0.29, 0.717) is 22.9 Å². The number of carbonyl (C=O) groups excluding carboxylic acids is 3.